The first-order chi connectivity index (χ1) is 11.6. The van der Waals surface area contributed by atoms with E-state index in [4.69, 9.17) is 16.3 Å². The third kappa shape index (κ3) is 5.81. The zero-order valence-corrected chi connectivity index (χ0v) is 13.7. The molecule has 0 aliphatic rings. The monoisotopic (exact) mass is 350 g/mol. The number of pyridine rings is 1. The Labute approximate surface area is 145 Å². The van der Waals surface area contributed by atoms with Gasteiger partial charge in [-0.1, -0.05) is 48.0 Å². The molecule has 24 heavy (non-hydrogen) atoms. The van der Waals surface area contributed by atoms with Crippen LogP contribution in [0.3, 0.4) is 0 Å². The maximum Gasteiger partial charge on any atom is 0.407 e. The van der Waals surface area contributed by atoms with Gasteiger partial charge in [0.25, 0.3) is 0 Å². The van der Waals surface area contributed by atoms with Gasteiger partial charge < -0.3 is 20.3 Å². The van der Waals surface area contributed by atoms with Gasteiger partial charge in [0.15, 0.2) is 0 Å². The second kappa shape index (κ2) is 9.22. The predicted octanol–water partition coefficient (Wildman–Crippen LogP) is 2.45. The van der Waals surface area contributed by atoms with Crippen molar-refractivity contribution in [1.29, 1.82) is 0 Å². The van der Waals surface area contributed by atoms with Crippen molar-refractivity contribution in [2.75, 3.05) is 6.54 Å². The molecule has 3 N–H and O–H groups in total. The quantitative estimate of drug-likeness (QED) is 0.667. The smallest absolute Gasteiger partial charge is 0.407 e. The Bertz CT molecular complexity index is 637. The Morgan fingerprint density at radius 1 is 1.21 bits per heavy atom. The van der Waals surface area contributed by atoms with Crippen LogP contribution in [-0.2, 0) is 11.3 Å². The largest absolute Gasteiger partial charge is 0.445 e. The van der Waals surface area contributed by atoms with Gasteiger partial charge >= 0.3 is 6.09 Å². The SMILES string of the molecule is O=C(NCCC(O)C(O)c1ccc(Cl)nc1)OCc1ccccc1. The summed E-state index contributed by atoms with van der Waals surface area (Å²) < 4.78 is 5.05. The van der Waals surface area contributed by atoms with E-state index in [0.717, 1.165) is 5.56 Å². The van der Waals surface area contributed by atoms with Crippen molar-refractivity contribution >= 4 is 17.7 Å². The molecule has 1 amide bonds. The number of halogens is 1. The molecule has 2 rings (SSSR count). The zero-order chi connectivity index (χ0) is 17.4. The molecule has 0 radical (unpaired) electrons. The molecule has 0 saturated carbocycles. The second-order valence-corrected chi connectivity index (χ2v) is 5.59. The summed E-state index contributed by atoms with van der Waals surface area (Å²) in [5, 5.41) is 22.8. The lowest BCUT2D eigenvalue weighted by Gasteiger charge is -2.18. The van der Waals surface area contributed by atoms with Crippen LogP contribution in [0.4, 0.5) is 4.79 Å². The third-order valence-corrected chi connectivity index (χ3v) is 3.60. The average molecular weight is 351 g/mol. The molecule has 1 aromatic heterocycles. The predicted molar refractivity (Wildman–Crippen MR) is 89.5 cm³/mol. The van der Waals surface area contributed by atoms with Gasteiger partial charge in [-0.25, -0.2) is 9.78 Å². The Balaban J connectivity index is 1.68. The van der Waals surface area contributed by atoms with E-state index in [-0.39, 0.29) is 19.6 Å². The van der Waals surface area contributed by atoms with Crippen LogP contribution in [-0.4, -0.2) is 33.9 Å². The maximum atomic E-state index is 11.6. The number of rotatable bonds is 7. The summed E-state index contributed by atoms with van der Waals surface area (Å²) in [6.45, 7) is 0.348. The van der Waals surface area contributed by atoms with Crippen LogP contribution in [0.25, 0.3) is 0 Å². The van der Waals surface area contributed by atoms with E-state index in [1.54, 1.807) is 6.07 Å². The van der Waals surface area contributed by atoms with Crippen molar-refractivity contribution in [2.45, 2.75) is 25.2 Å². The standard InChI is InChI=1S/C17H19ClN2O4/c18-15-7-6-13(10-20-15)16(22)14(21)8-9-19-17(23)24-11-12-4-2-1-3-5-12/h1-7,10,14,16,21-22H,8-9,11H2,(H,19,23). The van der Waals surface area contributed by atoms with Gasteiger partial charge in [-0.05, 0) is 18.1 Å². The van der Waals surface area contributed by atoms with Crippen molar-refractivity contribution in [3.8, 4) is 0 Å². The van der Waals surface area contributed by atoms with Crippen molar-refractivity contribution in [3.05, 3.63) is 64.9 Å². The molecule has 128 valence electrons. The van der Waals surface area contributed by atoms with Crippen LogP contribution < -0.4 is 5.32 Å². The molecule has 6 nitrogen and oxygen atoms in total. The highest BCUT2D eigenvalue weighted by atomic mass is 35.5. The second-order valence-electron chi connectivity index (χ2n) is 5.20. The number of alkyl carbamates (subject to hydrolysis) is 1. The van der Waals surface area contributed by atoms with Crippen molar-refractivity contribution < 1.29 is 19.7 Å². The Kier molecular flexibility index (Phi) is 6.99. The van der Waals surface area contributed by atoms with E-state index in [2.05, 4.69) is 10.3 Å². The lowest BCUT2D eigenvalue weighted by Crippen LogP contribution is -2.29. The number of aliphatic hydroxyl groups excluding tert-OH is 2. The van der Waals surface area contributed by atoms with Crippen LogP contribution >= 0.6 is 11.6 Å². The Hall–Kier alpha value is -2.15. The van der Waals surface area contributed by atoms with Gasteiger partial charge in [-0.3, -0.25) is 0 Å². The molecule has 2 aromatic rings. The fourth-order valence-electron chi connectivity index (χ4n) is 2.04. The highest BCUT2D eigenvalue weighted by Crippen LogP contribution is 2.19. The number of nitrogens with zero attached hydrogens (tertiary/aromatic N) is 1. The molecular weight excluding hydrogens is 332 g/mol. The van der Waals surface area contributed by atoms with Crippen molar-refractivity contribution in [3.63, 3.8) is 0 Å². The van der Waals surface area contributed by atoms with E-state index in [1.807, 2.05) is 30.3 Å². The number of amides is 1. The normalized spacial score (nSPS) is 13.1. The molecular formula is C17H19ClN2O4. The van der Waals surface area contributed by atoms with Crippen molar-refractivity contribution in [1.82, 2.24) is 10.3 Å². The summed E-state index contributed by atoms with van der Waals surface area (Å²) >= 11 is 5.67. The first-order valence-electron chi connectivity index (χ1n) is 7.48. The van der Waals surface area contributed by atoms with Gasteiger partial charge in [0.1, 0.15) is 17.9 Å². The van der Waals surface area contributed by atoms with Crippen LogP contribution in [0.2, 0.25) is 5.15 Å². The molecule has 7 heteroatoms. The lowest BCUT2D eigenvalue weighted by molar-refractivity contribution is 0.0134. The minimum Gasteiger partial charge on any atom is -0.445 e. The summed E-state index contributed by atoms with van der Waals surface area (Å²) in [6.07, 6.45) is -1.14. The van der Waals surface area contributed by atoms with E-state index >= 15 is 0 Å². The number of aromatic nitrogens is 1. The highest BCUT2D eigenvalue weighted by molar-refractivity contribution is 6.29. The molecule has 0 fully saturated rings. The van der Waals surface area contributed by atoms with Gasteiger partial charge in [-0.15, -0.1) is 0 Å². The van der Waals surface area contributed by atoms with Crippen LogP contribution in [0.5, 0.6) is 0 Å². The molecule has 1 aromatic carbocycles. The maximum absolute atomic E-state index is 11.6. The average Bonchev–Trinajstić information content (AvgIpc) is 2.61. The molecule has 0 spiro atoms. The molecule has 0 aliphatic carbocycles. The molecule has 0 bridgehead atoms. The van der Waals surface area contributed by atoms with Gasteiger partial charge in [0, 0.05) is 18.3 Å². The first-order valence-corrected chi connectivity index (χ1v) is 7.86. The van der Waals surface area contributed by atoms with Gasteiger partial charge in [0.05, 0.1) is 6.10 Å². The number of carbonyl (C=O) groups is 1. The summed E-state index contributed by atoms with van der Waals surface area (Å²) in [6, 6.07) is 12.4. The minimum atomic E-state index is -1.10. The van der Waals surface area contributed by atoms with E-state index in [9.17, 15) is 15.0 Å². The summed E-state index contributed by atoms with van der Waals surface area (Å²) in [5.41, 5.74) is 1.34. The number of nitrogens with one attached hydrogen (secondary N) is 1. The first kappa shape index (κ1) is 18.2. The van der Waals surface area contributed by atoms with Crippen LogP contribution in [0.1, 0.15) is 23.7 Å². The van der Waals surface area contributed by atoms with E-state index < -0.39 is 18.3 Å². The fourth-order valence-corrected chi connectivity index (χ4v) is 2.15. The molecule has 2 atom stereocenters. The number of carbonyl (C=O) groups excluding carboxylic acids is 1. The van der Waals surface area contributed by atoms with Gasteiger partial charge in [-0.2, -0.15) is 0 Å². The summed E-state index contributed by atoms with van der Waals surface area (Å²) in [5.74, 6) is 0. The summed E-state index contributed by atoms with van der Waals surface area (Å²) in [7, 11) is 0. The Morgan fingerprint density at radius 2 is 1.96 bits per heavy atom. The minimum absolute atomic E-state index is 0.171. The topological polar surface area (TPSA) is 91.7 Å². The van der Waals surface area contributed by atoms with Crippen LogP contribution in [0.15, 0.2) is 48.7 Å². The number of benzene rings is 1. The van der Waals surface area contributed by atoms with E-state index in [0.29, 0.717) is 10.7 Å². The number of hydrogen-bond acceptors (Lipinski definition) is 5. The van der Waals surface area contributed by atoms with Crippen molar-refractivity contribution in [2.24, 2.45) is 0 Å². The summed E-state index contributed by atoms with van der Waals surface area (Å²) in [4.78, 5) is 15.4. The van der Waals surface area contributed by atoms with Crippen LogP contribution in [0, 0.1) is 0 Å². The van der Waals surface area contributed by atoms with E-state index in [1.165, 1.54) is 12.3 Å². The lowest BCUT2D eigenvalue weighted by atomic mass is 10.0. The number of hydrogen-bond donors (Lipinski definition) is 3. The zero-order valence-electron chi connectivity index (χ0n) is 12.9. The molecule has 2 unspecified atom stereocenters. The number of ether oxygens (including phenoxy) is 1. The molecule has 1 heterocycles. The third-order valence-electron chi connectivity index (χ3n) is 3.38. The number of aliphatic hydroxyl groups is 2. The molecule has 0 aliphatic heterocycles. The fraction of sp³-hybridized carbons (Fsp3) is 0.294. The molecule has 0 saturated heterocycles. The highest BCUT2D eigenvalue weighted by Gasteiger charge is 2.18. The van der Waals surface area contributed by atoms with Gasteiger partial charge in [0.2, 0.25) is 0 Å². The Morgan fingerprint density at radius 3 is 2.62 bits per heavy atom.